The van der Waals surface area contributed by atoms with E-state index >= 15 is 0 Å². The summed E-state index contributed by atoms with van der Waals surface area (Å²) in [4.78, 5) is 2.01. The molecule has 0 saturated carbocycles. The Balaban J connectivity index is 3.06. The molecule has 0 fully saturated rings. The van der Waals surface area contributed by atoms with E-state index in [1.165, 1.54) is 0 Å². The number of hydrogen-bond donors (Lipinski definition) is 2. The molecular formula is C12H21N3O3. The topological polar surface area (TPSA) is 69.0 Å². The molecule has 0 aliphatic rings. The lowest BCUT2D eigenvalue weighted by Crippen LogP contribution is -2.35. The van der Waals surface area contributed by atoms with Crippen LogP contribution in [0.15, 0.2) is 12.1 Å². The van der Waals surface area contributed by atoms with E-state index < -0.39 is 0 Å². The molecule has 0 aromatic heterocycles. The van der Waals surface area contributed by atoms with Crippen LogP contribution in [-0.4, -0.2) is 39.9 Å². The molecule has 0 unspecified atom stereocenters. The molecule has 0 saturated heterocycles. The molecule has 0 spiro atoms. The van der Waals surface area contributed by atoms with Crippen molar-refractivity contribution in [2.24, 2.45) is 5.84 Å². The summed E-state index contributed by atoms with van der Waals surface area (Å²) in [7, 11) is 6.80. The van der Waals surface area contributed by atoms with Crippen molar-refractivity contribution < 1.29 is 14.2 Å². The van der Waals surface area contributed by atoms with Crippen LogP contribution in [-0.2, 0) is 6.54 Å². The van der Waals surface area contributed by atoms with E-state index in [4.69, 9.17) is 20.1 Å². The number of methoxy groups -OCH3 is 3. The summed E-state index contributed by atoms with van der Waals surface area (Å²) in [5, 5.41) is 0. The lowest BCUT2D eigenvalue weighted by molar-refractivity contribution is 0.286. The average Bonchev–Trinajstić information content (AvgIpc) is 2.39. The van der Waals surface area contributed by atoms with Crippen LogP contribution in [0.4, 0.5) is 0 Å². The summed E-state index contributed by atoms with van der Waals surface area (Å²) in [6.07, 6.45) is 0. The smallest absolute Gasteiger partial charge is 0.130 e. The van der Waals surface area contributed by atoms with Crippen molar-refractivity contribution in [3.05, 3.63) is 17.7 Å². The van der Waals surface area contributed by atoms with Crippen LogP contribution in [0.25, 0.3) is 0 Å². The van der Waals surface area contributed by atoms with Gasteiger partial charge in [-0.05, 0) is 7.05 Å². The van der Waals surface area contributed by atoms with Gasteiger partial charge in [0.05, 0.1) is 33.6 Å². The number of nitrogens with zero attached hydrogens (tertiary/aromatic N) is 1. The number of nitrogens with two attached hydrogens (primary N) is 1. The summed E-state index contributed by atoms with van der Waals surface area (Å²) >= 11 is 0. The highest BCUT2D eigenvalue weighted by molar-refractivity contribution is 5.50. The zero-order chi connectivity index (χ0) is 13.5. The van der Waals surface area contributed by atoms with E-state index in [1.54, 1.807) is 21.3 Å². The molecule has 6 nitrogen and oxygen atoms in total. The molecule has 102 valence electrons. The van der Waals surface area contributed by atoms with Gasteiger partial charge in [-0.25, -0.2) is 5.43 Å². The summed E-state index contributed by atoms with van der Waals surface area (Å²) in [6, 6.07) is 3.67. The van der Waals surface area contributed by atoms with Gasteiger partial charge in [0.15, 0.2) is 0 Å². The molecular weight excluding hydrogens is 234 g/mol. The molecule has 1 aromatic rings. The summed E-state index contributed by atoms with van der Waals surface area (Å²) in [5.41, 5.74) is 3.56. The van der Waals surface area contributed by atoms with Crippen molar-refractivity contribution in [2.75, 3.05) is 35.0 Å². The minimum absolute atomic E-state index is 0.568. The van der Waals surface area contributed by atoms with Gasteiger partial charge < -0.3 is 14.2 Å². The number of hydrogen-bond acceptors (Lipinski definition) is 6. The minimum atomic E-state index is 0.568. The predicted octanol–water partition coefficient (Wildman–Crippen LogP) is 0.565. The quantitative estimate of drug-likeness (QED) is 0.421. The fourth-order valence-corrected chi connectivity index (χ4v) is 1.72. The van der Waals surface area contributed by atoms with Gasteiger partial charge in [-0.15, -0.1) is 0 Å². The Morgan fingerprint density at radius 1 is 1.11 bits per heavy atom. The SMILES string of the molecule is COc1cc(OC)c(CN(C)CNN)c(OC)c1. The van der Waals surface area contributed by atoms with Crippen molar-refractivity contribution >= 4 is 0 Å². The van der Waals surface area contributed by atoms with Gasteiger partial charge >= 0.3 is 0 Å². The number of benzene rings is 1. The van der Waals surface area contributed by atoms with Gasteiger partial charge in [0.25, 0.3) is 0 Å². The second kappa shape index (κ2) is 7.05. The lowest BCUT2D eigenvalue weighted by Gasteiger charge is -2.20. The minimum Gasteiger partial charge on any atom is -0.496 e. The number of hydrazine groups is 1. The molecule has 1 aromatic carbocycles. The average molecular weight is 255 g/mol. The van der Waals surface area contributed by atoms with Crippen LogP contribution in [0.1, 0.15) is 5.56 Å². The molecule has 0 bridgehead atoms. The van der Waals surface area contributed by atoms with E-state index in [1.807, 2.05) is 24.1 Å². The third kappa shape index (κ3) is 3.49. The maximum Gasteiger partial charge on any atom is 0.130 e. The van der Waals surface area contributed by atoms with Crippen molar-refractivity contribution in [3.8, 4) is 17.2 Å². The molecule has 0 heterocycles. The molecule has 0 atom stereocenters. The Kier molecular flexibility index (Phi) is 5.70. The van der Waals surface area contributed by atoms with E-state index in [2.05, 4.69) is 5.43 Å². The first kappa shape index (κ1) is 14.6. The van der Waals surface area contributed by atoms with Crippen LogP contribution >= 0.6 is 0 Å². The van der Waals surface area contributed by atoms with Crippen LogP contribution in [0.3, 0.4) is 0 Å². The summed E-state index contributed by atoms with van der Waals surface area (Å²) < 4.78 is 15.9. The zero-order valence-electron chi connectivity index (χ0n) is 11.3. The molecule has 1 rings (SSSR count). The second-order valence-electron chi connectivity index (χ2n) is 3.89. The fraction of sp³-hybridized carbons (Fsp3) is 0.500. The van der Waals surface area contributed by atoms with Crippen LogP contribution < -0.4 is 25.5 Å². The van der Waals surface area contributed by atoms with Gasteiger partial charge in [0, 0.05) is 18.7 Å². The summed E-state index contributed by atoms with van der Waals surface area (Å²) in [6.45, 7) is 1.22. The van der Waals surface area contributed by atoms with Gasteiger partial charge in [0.2, 0.25) is 0 Å². The standard InChI is InChI=1S/C12H21N3O3/c1-15(8-14-13)7-10-11(17-3)5-9(16-2)6-12(10)18-4/h5-6,14H,7-8,13H2,1-4H3. The van der Waals surface area contributed by atoms with E-state index in [0.29, 0.717) is 19.0 Å². The largest absolute Gasteiger partial charge is 0.496 e. The Bertz CT molecular complexity index is 360. The monoisotopic (exact) mass is 255 g/mol. The fourth-order valence-electron chi connectivity index (χ4n) is 1.72. The Hall–Kier alpha value is -1.50. The molecule has 6 heteroatoms. The maximum atomic E-state index is 5.37. The predicted molar refractivity (Wildman–Crippen MR) is 69.8 cm³/mol. The Labute approximate surface area is 108 Å². The normalized spacial score (nSPS) is 10.6. The molecule has 0 aliphatic carbocycles. The van der Waals surface area contributed by atoms with E-state index in [9.17, 15) is 0 Å². The highest BCUT2D eigenvalue weighted by atomic mass is 16.5. The van der Waals surface area contributed by atoms with Gasteiger partial charge in [0.1, 0.15) is 17.2 Å². The third-order valence-corrected chi connectivity index (χ3v) is 2.61. The molecule has 0 aliphatic heterocycles. The van der Waals surface area contributed by atoms with Gasteiger partial charge in [-0.3, -0.25) is 10.7 Å². The molecule has 18 heavy (non-hydrogen) atoms. The number of ether oxygens (including phenoxy) is 3. The molecule has 0 radical (unpaired) electrons. The van der Waals surface area contributed by atoms with Crippen LogP contribution in [0, 0.1) is 0 Å². The zero-order valence-corrected chi connectivity index (χ0v) is 11.3. The van der Waals surface area contributed by atoms with Crippen LogP contribution in [0.5, 0.6) is 17.2 Å². The second-order valence-corrected chi connectivity index (χ2v) is 3.89. The lowest BCUT2D eigenvalue weighted by atomic mass is 10.1. The number of rotatable bonds is 7. The Morgan fingerprint density at radius 2 is 1.67 bits per heavy atom. The highest BCUT2D eigenvalue weighted by Gasteiger charge is 2.14. The number of nitrogens with one attached hydrogen (secondary N) is 1. The van der Waals surface area contributed by atoms with Crippen molar-refractivity contribution in [1.82, 2.24) is 10.3 Å². The maximum absolute atomic E-state index is 5.37. The van der Waals surface area contributed by atoms with Crippen molar-refractivity contribution in [1.29, 1.82) is 0 Å². The first-order valence-corrected chi connectivity index (χ1v) is 5.57. The third-order valence-electron chi connectivity index (χ3n) is 2.61. The van der Waals surface area contributed by atoms with Gasteiger partial charge in [-0.2, -0.15) is 0 Å². The molecule has 3 N–H and O–H groups in total. The van der Waals surface area contributed by atoms with Crippen LogP contribution in [0.2, 0.25) is 0 Å². The van der Waals surface area contributed by atoms with E-state index in [0.717, 1.165) is 17.1 Å². The first-order valence-electron chi connectivity index (χ1n) is 5.57. The highest BCUT2D eigenvalue weighted by Crippen LogP contribution is 2.34. The Morgan fingerprint density at radius 3 is 2.06 bits per heavy atom. The van der Waals surface area contributed by atoms with Crippen molar-refractivity contribution in [2.45, 2.75) is 6.54 Å². The van der Waals surface area contributed by atoms with Crippen molar-refractivity contribution in [3.63, 3.8) is 0 Å². The summed E-state index contributed by atoms with van der Waals surface area (Å²) in [5.74, 6) is 7.46. The first-order chi connectivity index (χ1) is 8.65. The van der Waals surface area contributed by atoms with Gasteiger partial charge in [-0.1, -0.05) is 0 Å². The molecule has 0 amide bonds. The van der Waals surface area contributed by atoms with E-state index in [-0.39, 0.29) is 0 Å².